The monoisotopic (exact) mass is 383 g/mol. The molecule has 0 atom stereocenters. The van der Waals surface area contributed by atoms with E-state index < -0.39 is 0 Å². The lowest BCUT2D eigenvalue weighted by molar-refractivity contribution is 0.621. The minimum atomic E-state index is -0.340. The van der Waals surface area contributed by atoms with Crippen LogP contribution < -0.4 is 5.73 Å². The second-order valence-electron chi connectivity index (χ2n) is 4.02. The molecular formula is C13H8Br2FN3. The molecule has 0 radical (unpaired) electrons. The number of benzene rings is 1. The third-order valence-electron chi connectivity index (χ3n) is 2.83. The fourth-order valence-corrected chi connectivity index (χ4v) is 2.59. The molecule has 19 heavy (non-hydrogen) atoms. The second kappa shape index (κ2) is 4.61. The Balaban J connectivity index is 2.28. The van der Waals surface area contributed by atoms with Gasteiger partial charge in [0.15, 0.2) is 5.65 Å². The van der Waals surface area contributed by atoms with Gasteiger partial charge in [-0.3, -0.25) is 4.40 Å². The van der Waals surface area contributed by atoms with Crippen LogP contribution in [-0.4, -0.2) is 9.38 Å². The molecule has 6 heteroatoms. The highest BCUT2D eigenvalue weighted by Crippen LogP contribution is 2.31. The van der Waals surface area contributed by atoms with E-state index in [9.17, 15) is 4.39 Å². The lowest BCUT2D eigenvalue weighted by Gasteiger charge is -2.01. The summed E-state index contributed by atoms with van der Waals surface area (Å²) in [5.74, 6) is 0.144. The summed E-state index contributed by atoms with van der Waals surface area (Å²) >= 11 is 6.55. The van der Waals surface area contributed by atoms with Crippen molar-refractivity contribution in [3.8, 4) is 11.3 Å². The summed E-state index contributed by atoms with van der Waals surface area (Å²) in [6.45, 7) is 0. The van der Waals surface area contributed by atoms with Crippen molar-refractivity contribution >= 4 is 43.3 Å². The summed E-state index contributed by atoms with van der Waals surface area (Å²) in [4.78, 5) is 4.46. The zero-order chi connectivity index (χ0) is 13.6. The smallest absolute Gasteiger partial charge is 0.153 e. The van der Waals surface area contributed by atoms with Crippen molar-refractivity contribution in [1.82, 2.24) is 9.38 Å². The number of nitrogen functional groups attached to an aromatic ring is 1. The first-order chi connectivity index (χ1) is 9.08. The molecule has 0 bridgehead atoms. The summed E-state index contributed by atoms with van der Waals surface area (Å²) < 4.78 is 16.6. The molecule has 0 fully saturated rings. The fourth-order valence-electron chi connectivity index (χ4n) is 1.91. The maximum Gasteiger partial charge on any atom is 0.153 e. The van der Waals surface area contributed by atoms with E-state index >= 15 is 0 Å². The predicted molar refractivity (Wildman–Crippen MR) is 80.4 cm³/mol. The Bertz CT molecular complexity index is 783. The van der Waals surface area contributed by atoms with Gasteiger partial charge in [-0.05, 0) is 56.1 Å². The highest BCUT2D eigenvalue weighted by Gasteiger charge is 2.14. The Morgan fingerprint density at radius 1 is 1.16 bits per heavy atom. The van der Waals surface area contributed by atoms with Gasteiger partial charge in [-0.25, -0.2) is 9.37 Å². The van der Waals surface area contributed by atoms with Crippen LogP contribution in [0.25, 0.3) is 16.9 Å². The zero-order valence-corrected chi connectivity index (χ0v) is 12.7. The highest BCUT2D eigenvalue weighted by molar-refractivity contribution is 9.11. The number of pyridine rings is 1. The van der Waals surface area contributed by atoms with Crippen LogP contribution in [-0.2, 0) is 0 Å². The van der Waals surface area contributed by atoms with Crippen LogP contribution in [0.15, 0.2) is 45.5 Å². The molecule has 0 spiro atoms. The van der Waals surface area contributed by atoms with E-state index in [1.54, 1.807) is 16.5 Å². The van der Waals surface area contributed by atoms with E-state index in [-0.39, 0.29) is 5.82 Å². The Morgan fingerprint density at radius 3 is 2.63 bits per heavy atom. The van der Waals surface area contributed by atoms with E-state index in [1.807, 2.05) is 18.3 Å². The van der Waals surface area contributed by atoms with Gasteiger partial charge in [0.05, 0.1) is 8.95 Å². The van der Waals surface area contributed by atoms with E-state index in [1.165, 1.54) is 6.07 Å². The number of anilines is 1. The van der Waals surface area contributed by atoms with Crippen molar-refractivity contribution in [2.24, 2.45) is 0 Å². The fraction of sp³-hybridized carbons (Fsp3) is 0. The van der Waals surface area contributed by atoms with E-state index in [0.29, 0.717) is 27.2 Å². The molecule has 0 aliphatic carbocycles. The SMILES string of the molecule is Nc1c(-c2ccc(Br)c(F)c2)nc2c(Br)cccn12. The minimum absolute atomic E-state index is 0.340. The number of halogens is 3. The van der Waals surface area contributed by atoms with Crippen LogP contribution in [0.2, 0.25) is 0 Å². The number of hydrogen-bond acceptors (Lipinski definition) is 2. The van der Waals surface area contributed by atoms with Crippen molar-refractivity contribution < 1.29 is 4.39 Å². The van der Waals surface area contributed by atoms with Crippen molar-refractivity contribution in [3.63, 3.8) is 0 Å². The molecule has 3 aromatic rings. The molecular weight excluding hydrogens is 377 g/mol. The third kappa shape index (κ3) is 2.04. The predicted octanol–water partition coefficient (Wildman–Crippen LogP) is 4.25. The maximum absolute atomic E-state index is 13.6. The van der Waals surface area contributed by atoms with Gasteiger partial charge in [-0.1, -0.05) is 6.07 Å². The van der Waals surface area contributed by atoms with Crippen molar-refractivity contribution in [2.75, 3.05) is 5.73 Å². The third-order valence-corrected chi connectivity index (χ3v) is 4.09. The van der Waals surface area contributed by atoms with Gasteiger partial charge in [0.2, 0.25) is 0 Å². The number of fused-ring (bicyclic) bond motifs is 1. The van der Waals surface area contributed by atoms with Gasteiger partial charge >= 0.3 is 0 Å². The highest BCUT2D eigenvalue weighted by atomic mass is 79.9. The van der Waals surface area contributed by atoms with Crippen molar-refractivity contribution in [2.45, 2.75) is 0 Å². The molecule has 3 rings (SSSR count). The molecule has 0 saturated heterocycles. The standard InChI is InChI=1S/C13H8Br2FN3/c14-8-4-3-7(6-10(8)16)11-12(17)19-5-1-2-9(15)13(19)18-11/h1-6H,17H2. The molecule has 0 aliphatic heterocycles. The topological polar surface area (TPSA) is 43.3 Å². The van der Waals surface area contributed by atoms with E-state index in [0.717, 1.165) is 4.47 Å². The molecule has 1 aromatic carbocycles. The molecule has 0 amide bonds. The first-order valence-electron chi connectivity index (χ1n) is 5.45. The van der Waals surface area contributed by atoms with Crippen molar-refractivity contribution in [1.29, 1.82) is 0 Å². The van der Waals surface area contributed by atoms with Gasteiger partial charge in [-0.15, -0.1) is 0 Å². The summed E-state index contributed by atoms with van der Waals surface area (Å²) in [5.41, 5.74) is 8.00. The van der Waals surface area contributed by atoms with Gasteiger partial charge in [-0.2, -0.15) is 0 Å². The summed E-state index contributed by atoms with van der Waals surface area (Å²) in [6.07, 6.45) is 1.82. The summed E-state index contributed by atoms with van der Waals surface area (Å²) in [5, 5.41) is 0. The van der Waals surface area contributed by atoms with Gasteiger partial charge in [0, 0.05) is 11.8 Å². The molecule has 2 heterocycles. The molecule has 0 saturated carbocycles. The van der Waals surface area contributed by atoms with E-state index in [2.05, 4.69) is 36.8 Å². The normalized spacial score (nSPS) is 11.1. The second-order valence-corrected chi connectivity index (χ2v) is 5.73. The van der Waals surface area contributed by atoms with Crippen LogP contribution >= 0.6 is 31.9 Å². The number of nitrogens with zero attached hydrogens (tertiary/aromatic N) is 2. The Kier molecular flexibility index (Phi) is 3.06. The molecule has 2 aromatic heterocycles. The van der Waals surface area contributed by atoms with Crippen molar-refractivity contribution in [3.05, 3.63) is 51.3 Å². The average Bonchev–Trinajstić information content (AvgIpc) is 2.72. The number of hydrogen-bond donors (Lipinski definition) is 1. The summed E-state index contributed by atoms with van der Waals surface area (Å²) in [7, 11) is 0. The van der Waals surface area contributed by atoms with Crippen LogP contribution in [0, 0.1) is 5.82 Å². The molecule has 2 N–H and O–H groups in total. The molecule has 0 aliphatic rings. The van der Waals surface area contributed by atoms with Crippen LogP contribution in [0.3, 0.4) is 0 Å². The number of nitrogens with two attached hydrogens (primary N) is 1. The first kappa shape index (κ1) is 12.6. The quantitative estimate of drug-likeness (QED) is 0.681. The van der Waals surface area contributed by atoms with Crippen LogP contribution in [0.4, 0.5) is 10.2 Å². The minimum Gasteiger partial charge on any atom is -0.383 e. The van der Waals surface area contributed by atoms with Gasteiger partial charge < -0.3 is 5.73 Å². The number of rotatable bonds is 1. The Hall–Kier alpha value is -1.40. The first-order valence-corrected chi connectivity index (χ1v) is 7.04. The van der Waals surface area contributed by atoms with Crippen LogP contribution in [0.1, 0.15) is 0 Å². The van der Waals surface area contributed by atoms with Gasteiger partial charge in [0.1, 0.15) is 17.3 Å². The summed E-state index contributed by atoms with van der Waals surface area (Å²) in [6, 6.07) is 8.58. The lowest BCUT2D eigenvalue weighted by atomic mass is 10.1. The molecule has 96 valence electrons. The van der Waals surface area contributed by atoms with E-state index in [4.69, 9.17) is 5.73 Å². The molecule has 3 nitrogen and oxygen atoms in total. The lowest BCUT2D eigenvalue weighted by Crippen LogP contribution is -1.94. The Morgan fingerprint density at radius 2 is 1.95 bits per heavy atom. The Labute approximate surface area is 125 Å². The van der Waals surface area contributed by atoms with Gasteiger partial charge in [0.25, 0.3) is 0 Å². The van der Waals surface area contributed by atoms with Crippen LogP contribution in [0.5, 0.6) is 0 Å². The average molecular weight is 385 g/mol. The maximum atomic E-state index is 13.6. The zero-order valence-electron chi connectivity index (χ0n) is 9.57. The number of aromatic nitrogens is 2. The largest absolute Gasteiger partial charge is 0.383 e. The number of imidazole rings is 1. The molecule has 0 unspecified atom stereocenters.